The summed E-state index contributed by atoms with van der Waals surface area (Å²) in [6, 6.07) is 5.69. The van der Waals surface area contributed by atoms with Crippen molar-refractivity contribution in [2.45, 2.75) is 32.2 Å². The van der Waals surface area contributed by atoms with Crippen LogP contribution in [0.25, 0.3) is 22.2 Å². The van der Waals surface area contributed by atoms with Gasteiger partial charge in [-0.05, 0) is 38.3 Å². The molecule has 0 amide bonds. The average Bonchev–Trinajstić information content (AvgIpc) is 2.62. The summed E-state index contributed by atoms with van der Waals surface area (Å²) in [5.74, 6) is 1.05. The SMILES string of the molecule is CNc1nc(C)c2cc(-c3ccc(OC)nc3)c(=O)n(C3CCC3)c2n1. The molecule has 0 unspecified atom stereocenters. The lowest BCUT2D eigenvalue weighted by Gasteiger charge is -2.29. The number of pyridine rings is 2. The number of ether oxygens (including phenoxy) is 1. The Hall–Kier alpha value is -2.96. The van der Waals surface area contributed by atoms with Crippen molar-refractivity contribution in [2.24, 2.45) is 0 Å². The Morgan fingerprint density at radius 3 is 2.65 bits per heavy atom. The van der Waals surface area contributed by atoms with Gasteiger partial charge in [-0.2, -0.15) is 4.98 Å². The van der Waals surface area contributed by atoms with Gasteiger partial charge in [-0.25, -0.2) is 9.97 Å². The maximum absolute atomic E-state index is 13.3. The molecule has 3 heterocycles. The molecule has 1 saturated carbocycles. The van der Waals surface area contributed by atoms with E-state index >= 15 is 0 Å². The highest BCUT2D eigenvalue weighted by Gasteiger charge is 2.25. The first-order chi connectivity index (χ1) is 12.6. The number of aromatic nitrogens is 4. The number of hydrogen-bond donors (Lipinski definition) is 1. The van der Waals surface area contributed by atoms with Crippen LogP contribution in [0.1, 0.15) is 31.0 Å². The Morgan fingerprint density at radius 1 is 1.27 bits per heavy atom. The van der Waals surface area contributed by atoms with Crippen LogP contribution in [0.4, 0.5) is 5.95 Å². The molecule has 3 aromatic heterocycles. The van der Waals surface area contributed by atoms with Gasteiger partial charge in [0.05, 0.1) is 12.8 Å². The van der Waals surface area contributed by atoms with Crippen LogP contribution >= 0.6 is 0 Å². The fourth-order valence-electron chi connectivity index (χ4n) is 3.31. The quantitative estimate of drug-likeness (QED) is 0.778. The summed E-state index contributed by atoms with van der Waals surface area (Å²) in [5.41, 5.74) is 2.89. The molecule has 26 heavy (non-hydrogen) atoms. The molecule has 0 aliphatic heterocycles. The van der Waals surface area contributed by atoms with Gasteiger partial charge in [0.15, 0.2) is 0 Å². The first-order valence-corrected chi connectivity index (χ1v) is 8.74. The second kappa shape index (κ2) is 6.40. The summed E-state index contributed by atoms with van der Waals surface area (Å²) in [6.45, 7) is 1.94. The third-order valence-electron chi connectivity index (χ3n) is 5.00. The molecule has 1 aliphatic rings. The van der Waals surface area contributed by atoms with Crippen molar-refractivity contribution in [3.05, 3.63) is 40.4 Å². The lowest BCUT2D eigenvalue weighted by molar-refractivity contribution is 0.313. The van der Waals surface area contributed by atoms with E-state index in [0.717, 1.165) is 35.9 Å². The number of fused-ring (bicyclic) bond motifs is 1. The molecular formula is C19H21N5O2. The second-order valence-corrected chi connectivity index (χ2v) is 6.53. The molecule has 1 aliphatic carbocycles. The Kier molecular flexibility index (Phi) is 4.06. The lowest BCUT2D eigenvalue weighted by atomic mass is 9.92. The second-order valence-electron chi connectivity index (χ2n) is 6.53. The number of anilines is 1. The first-order valence-electron chi connectivity index (χ1n) is 8.74. The summed E-state index contributed by atoms with van der Waals surface area (Å²) in [5, 5.41) is 3.87. The highest BCUT2D eigenvalue weighted by atomic mass is 16.5. The zero-order valence-corrected chi connectivity index (χ0v) is 15.1. The van der Waals surface area contributed by atoms with Crippen LogP contribution in [0.3, 0.4) is 0 Å². The van der Waals surface area contributed by atoms with Crippen molar-refractivity contribution in [2.75, 3.05) is 19.5 Å². The number of rotatable bonds is 4. The van der Waals surface area contributed by atoms with E-state index in [0.29, 0.717) is 23.0 Å². The third-order valence-corrected chi connectivity index (χ3v) is 5.00. The van der Waals surface area contributed by atoms with E-state index in [4.69, 9.17) is 4.74 Å². The number of nitrogens with zero attached hydrogens (tertiary/aromatic N) is 4. The van der Waals surface area contributed by atoms with Crippen LogP contribution in [-0.4, -0.2) is 33.7 Å². The van der Waals surface area contributed by atoms with Crippen LogP contribution in [0, 0.1) is 6.92 Å². The normalized spacial score (nSPS) is 14.3. The Balaban J connectivity index is 2.00. The number of nitrogens with one attached hydrogen (secondary N) is 1. The largest absolute Gasteiger partial charge is 0.481 e. The Bertz CT molecular complexity index is 1020. The summed E-state index contributed by atoms with van der Waals surface area (Å²) in [6.07, 6.45) is 4.80. The predicted molar refractivity (Wildman–Crippen MR) is 101 cm³/mol. The summed E-state index contributed by atoms with van der Waals surface area (Å²) in [7, 11) is 3.35. The number of hydrogen-bond acceptors (Lipinski definition) is 6. The molecule has 7 nitrogen and oxygen atoms in total. The van der Waals surface area contributed by atoms with Crippen LogP contribution in [0.5, 0.6) is 5.88 Å². The topological polar surface area (TPSA) is 81.9 Å². The molecule has 0 radical (unpaired) electrons. The van der Waals surface area contributed by atoms with Crippen LogP contribution in [0.15, 0.2) is 29.2 Å². The van der Waals surface area contributed by atoms with Gasteiger partial charge in [0.2, 0.25) is 11.8 Å². The van der Waals surface area contributed by atoms with E-state index in [-0.39, 0.29) is 11.6 Å². The molecule has 0 atom stereocenters. The van der Waals surface area contributed by atoms with E-state index < -0.39 is 0 Å². The summed E-state index contributed by atoms with van der Waals surface area (Å²) < 4.78 is 6.96. The number of aryl methyl sites for hydroxylation is 1. The first kappa shape index (κ1) is 16.5. The molecule has 1 N–H and O–H groups in total. The Labute approximate surface area is 151 Å². The number of methoxy groups -OCH3 is 1. The van der Waals surface area contributed by atoms with Crippen LogP contribution in [-0.2, 0) is 0 Å². The van der Waals surface area contributed by atoms with Gasteiger partial charge in [-0.3, -0.25) is 9.36 Å². The predicted octanol–water partition coefficient (Wildman–Crippen LogP) is 2.94. The van der Waals surface area contributed by atoms with Crippen LogP contribution < -0.4 is 15.6 Å². The van der Waals surface area contributed by atoms with Gasteiger partial charge in [0.1, 0.15) is 5.65 Å². The maximum atomic E-state index is 13.3. The van der Waals surface area contributed by atoms with Gasteiger partial charge in [0.25, 0.3) is 5.56 Å². The molecule has 0 saturated heterocycles. The standard InChI is InChI=1S/C19H21N5O2/c1-11-14-9-15(12-7-8-16(26-3)21-10-12)18(25)24(13-5-4-6-13)17(14)23-19(20-2)22-11/h7-10,13H,4-6H2,1-3H3,(H,20,22,23). The van der Waals surface area contributed by atoms with E-state index in [1.165, 1.54) is 0 Å². The average molecular weight is 351 g/mol. The molecular weight excluding hydrogens is 330 g/mol. The molecule has 4 rings (SSSR count). The molecule has 0 aromatic carbocycles. The highest BCUT2D eigenvalue weighted by molar-refractivity contribution is 5.84. The minimum atomic E-state index is -0.0330. The van der Waals surface area contributed by atoms with E-state index in [1.807, 2.05) is 23.6 Å². The minimum absolute atomic E-state index is 0.0330. The van der Waals surface area contributed by atoms with Gasteiger partial charge in [-0.1, -0.05) is 0 Å². The smallest absolute Gasteiger partial charge is 0.260 e. The Morgan fingerprint density at radius 2 is 2.08 bits per heavy atom. The fourth-order valence-corrected chi connectivity index (χ4v) is 3.31. The maximum Gasteiger partial charge on any atom is 0.260 e. The summed E-state index contributed by atoms with van der Waals surface area (Å²) >= 11 is 0. The van der Waals surface area contributed by atoms with Gasteiger partial charge >= 0.3 is 0 Å². The van der Waals surface area contributed by atoms with Crippen molar-refractivity contribution in [3.63, 3.8) is 0 Å². The summed E-state index contributed by atoms with van der Waals surface area (Å²) in [4.78, 5) is 26.6. The lowest BCUT2D eigenvalue weighted by Crippen LogP contribution is -2.31. The van der Waals surface area contributed by atoms with Crippen molar-refractivity contribution in [3.8, 4) is 17.0 Å². The fraction of sp³-hybridized carbons (Fsp3) is 0.368. The van der Waals surface area contributed by atoms with E-state index in [1.54, 1.807) is 26.4 Å². The molecule has 1 fully saturated rings. The van der Waals surface area contributed by atoms with E-state index in [2.05, 4.69) is 20.3 Å². The van der Waals surface area contributed by atoms with Gasteiger partial charge in [-0.15, -0.1) is 0 Å². The zero-order chi connectivity index (χ0) is 18.3. The zero-order valence-electron chi connectivity index (χ0n) is 15.1. The highest BCUT2D eigenvalue weighted by Crippen LogP contribution is 2.34. The van der Waals surface area contributed by atoms with Crippen molar-refractivity contribution >= 4 is 17.0 Å². The molecule has 3 aromatic rings. The van der Waals surface area contributed by atoms with Gasteiger partial charge in [0, 0.05) is 41.9 Å². The van der Waals surface area contributed by atoms with Crippen molar-refractivity contribution < 1.29 is 4.74 Å². The van der Waals surface area contributed by atoms with Crippen molar-refractivity contribution in [1.29, 1.82) is 0 Å². The van der Waals surface area contributed by atoms with Gasteiger partial charge < -0.3 is 10.1 Å². The third kappa shape index (κ3) is 2.60. The molecule has 134 valence electrons. The molecule has 0 spiro atoms. The molecule has 7 heteroatoms. The van der Waals surface area contributed by atoms with Crippen LogP contribution in [0.2, 0.25) is 0 Å². The van der Waals surface area contributed by atoms with E-state index in [9.17, 15) is 4.79 Å². The van der Waals surface area contributed by atoms with Crippen molar-refractivity contribution in [1.82, 2.24) is 19.5 Å². The monoisotopic (exact) mass is 351 g/mol. The minimum Gasteiger partial charge on any atom is -0.481 e. The molecule has 0 bridgehead atoms.